The van der Waals surface area contributed by atoms with Gasteiger partial charge in [-0.3, -0.25) is 0 Å². The number of hydrogen-bond acceptors (Lipinski definition) is 19. The number of benzene rings is 4. The number of ether oxygens (including phenoxy) is 6. The predicted octanol–water partition coefficient (Wildman–Crippen LogP) is 5.62. The molecule has 310 valence electrons. The summed E-state index contributed by atoms with van der Waals surface area (Å²) in [7, 11) is 0. The summed E-state index contributed by atoms with van der Waals surface area (Å²) < 4.78 is 31.8. The van der Waals surface area contributed by atoms with Crippen LogP contribution in [0.1, 0.15) is 36.1 Å². The number of carbonyl (C=O) groups is 4. The molecule has 0 aromatic heterocycles. The minimum absolute atomic E-state index is 0.0748. The molecule has 4 rings (SSSR count). The Morgan fingerprint density at radius 1 is 0.576 bits per heavy atom. The molecule has 0 heterocycles. The minimum atomic E-state index is -1.91. The number of hydrogen-bond donors (Lipinski definition) is 1. The van der Waals surface area contributed by atoms with Crippen LogP contribution in [0.5, 0.6) is 28.7 Å². The van der Waals surface area contributed by atoms with E-state index >= 15 is 0 Å². The number of amides is 1. The van der Waals surface area contributed by atoms with Crippen molar-refractivity contribution in [2.24, 2.45) is 0 Å². The van der Waals surface area contributed by atoms with Gasteiger partial charge in [-0.1, -0.05) is 60.7 Å². The van der Waals surface area contributed by atoms with Gasteiger partial charge in [0.05, 0.1) is 6.61 Å². The van der Waals surface area contributed by atoms with Gasteiger partial charge in [-0.25, -0.2) is 19.2 Å². The van der Waals surface area contributed by atoms with Gasteiger partial charge in [0.1, 0.15) is 42.6 Å². The molecule has 0 spiro atoms. The number of nitrogens with zero attached hydrogens (tertiary/aromatic N) is 3. The Kier molecular flexibility index (Phi) is 15.2. The van der Waals surface area contributed by atoms with E-state index in [1.165, 1.54) is 92.7 Å². The molecule has 0 saturated heterocycles. The van der Waals surface area contributed by atoms with E-state index in [4.69, 9.17) is 28.4 Å². The number of rotatable bonds is 19. The van der Waals surface area contributed by atoms with E-state index in [0.717, 1.165) is 12.1 Å². The Morgan fingerprint density at radius 3 is 1.42 bits per heavy atom. The van der Waals surface area contributed by atoms with Crippen molar-refractivity contribution in [1.82, 2.24) is 5.32 Å². The molecular weight excluding hydrogens is 792 g/mol. The SMILES string of the molecule is CCOC(=O)C(C)(Cc1ccc(OC(=O)Oc2ccccc2CO[N+](=O)[O-])c(OC(=O)Oc2ccccc2CO[N+](=O)[O-])c1)NC(=O)Oc1ccccc1CO[N+](=O)[O-]. The second-order valence-corrected chi connectivity index (χ2v) is 11.7. The summed E-state index contributed by atoms with van der Waals surface area (Å²) in [5.41, 5.74) is -1.48. The highest BCUT2D eigenvalue weighted by atomic mass is 17.0. The van der Waals surface area contributed by atoms with Gasteiger partial charge in [-0.15, -0.1) is 30.3 Å². The third kappa shape index (κ3) is 13.5. The molecule has 1 amide bonds. The first-order valence-electron chi connectivity index (χ1n) is 16.8. The molecule has 1 N–H and O–H groups in total. The van der Waals surface area contributed by atoms with Gasteiger partial charge in [-0.05, 0) is 49.7 Å². The molecule has 23 heteroatoms. The highest BCUT2D eigenvalue weighted by Crippen LogP contribution is 2.32. The van der Waals surface area contributed by atoms with Crippen molar-refractivity contribution < 1.29 is 77.4 Å². The molecule has 23 nitrogen and oxygen atoms in total. The first-order valence-corrected chi connectivity index (χ1v) is 16.8. The fourth-order valence-corrected chi connectivity index (χ4v) is 4.98. The summed E-state index contributed by atoms with van der Waals surface area (Å²) in [6, 6.07) is 20.6. The summed E-state index contributed by atoms with van der Waals surface area (Å²) >= 11 is 0. The largest absolute Gasteiger partial charge is 0.519 e. The lowest BCUT2D eigenvalue weighted by Crippen LogP contribution is -2.55. The first-order chi connectivity index (χ1) is 28.1. The predicted molar refractivity (Wildman–Crippen MR) is 192 cm³/mol. The van der Waals surface area contributed by atoms with Crippen molar-refractivity contribution >= 4 is 24.4 Å². The van der Waals surface area contributed by atoms with Crippen molar-refractivity contribution in [3.05, 3.63) is 144 Å². The van der Waals surface area contributed by atoms with Gasteiger partial charge in [0, 0.05) is 23.1 Å². The van der Waals surface area contributed by atoms with Crippen LogP contribution in [0.25, 0.3) is 0 Å². The maximum atomic E-state index is 13.3. The van der Waals surface area contributed by atoms with Crippen LogP contribution in [-0.2, 0) is 50.3 Å². The van der Waals surface area contributed by atoms with Crippen molar-refractivity contribution in [2.45, 2.75) is 45.6 Å². The number of para-hydroxylation sites is 3. The van der Waals surface area contributed by atoms with Gasteiger partial charge < -0.3 is 48.3 Å². The summed E-state index contributed by atoms with van der Waals surface area (Å²) in [5, 5.41) is 31.5. The molecule has 0 aliphatic rings. The molecule has 0 bridgehead atoms. The van der Waals surface area contributed by atoms with E-state index in [1.807, 2.05) is 0 Å². The highest BCUT2D eigenvalue weighted by Gasteiger charge is 2.38. The first kappa shape index (κ1) is 43.5. The molecule has 0 saturated carbocycles. The second kappa shape index (κ2) is 20.6. The third-order valence-corrected chi connectivity index (χ3v) is 7.54. The molecule has 1 unspecified atom stereocenters. The van der Waals surface area contributed by atoms with Crippen LogP contribution < -0.4 is 29.0 Å². The van der Waals surface area contributed by atoms with Crippen LogP contribution in [0.4, 0.5) is 14.4 Å². The fourth-order valence-electron chi connectivity index (χ4n) is 4.98. The maximum Gasteiger partial charge on any atom is 0.519 e. The van der Waals surface area contributed by atoms with Gasteiger partial charge in [0.15, 0.2) is 11.5 Å². The minimum Gasteiger partial charge on any atom is -0.464 e. The Labute approximate surface area is 331 Å². The standard InChI is InChI=1S/C36H32N4O19/c1-3-51-32(41)36(2,37-33(42)55-27-13-7-4-10-24(27)20-52-38(45)46)19-23-16-17-30(58-34(43)56-28-14-8-5-11-25(28)21-53-39(47)48)31(18-23)59-35(44)57-29-15-9-6-12-26(29)22-54-40(49)50/h4-18H,3,19-22H2,1-2H3,(H,37,42). The number of esters is 1. The topological polar surface area (TPSA) is 293 Å². The monoisotopic (exact) mass is 824 g/mol. The van der Waals surface area contributed by atoms with Crippen molar-refractivity contribution in [3.63, 3.8) is 0 Å². The van der Waals surface area contributed by atoms with E-state index < -0.39 is 82.9 Å². The second-order valence-electron chi connectivity index (χ2n) is 11.7. The Bertz CT molecular complexity index is 2200. The summed E-state index contributed by atoms with van der Waals surface area (Å²) in [5.74, 6) is -2.42. The zero-order valence-corrected chi connectivity index (χ0v) is 30.8. The van der Waals surface area contributed by atoms with Crippen LogP contribution in [0.3, 0.4) is 0 Å². The molecule has 4 aromatic carbocycles. The van der Waals surface area contributed by atoms with Crippen LogP contribution in [0.2, 0.25) is 0 Å². The van der Waals surface area contributed by atoms with Crippen LogP contribution in [0, 0.1) is 30.3 Å². The lowest BCUT2D eigenvalue weighted by Gasteiger charge is -2.28. The lowest BCUT2D eigenvalue weighted by molar-refractivity contribution is -0.763. The summed E-state index contributed by atoms with van der Waals surface area (Å²) in [6.45, 7) is 0.953. The summed E-state index contributed by atoms with van der Waals surface area (Å²) in [6.07, 6.45) is -4.42. The van der Waals surface area contributed by atoms with Crippen LogP contribution in [0.15, 0.2) is 91.0 Å². The highest BCUT2D eigenvalue weighted by molar-refractivity contribution is 5.86. The molecule has 59 heavy (non-hydrogen) atoms. The summed E-state index contributed by atoms with van der Waals surface area (Å²) in [4.78, 5) is 97.9. The molecule has 0 aliphatic carbocycles. The van der Waals surface area contributed by atoms with Crippen LogP contribution >= 0.6 is 0 Å². The van der Waals surface area contributed by atoms with Gasteiger partial charge in [0.25, 0.3) is 15.3 Å². The van der Waals surface area contributed by atoms with Crippen molar-refractivity contribution in [1.29, 1.82) is 0 Å². The van der Waals surface area contributed by atoms with Gasteiger partial charge >= 0.3 is 24.4 Å². The van der Waals surface area contributed by atoms with Gasteiger partial charge in [-0.2, -0.15) is 0 Å². The molecule has 1 atom stereocenters. The van der Waals surface area contributed by atoms with E-state index in [0.29, 0.717) is 0 Å². The van der Waals surface area contributed by atoms with E-state index in [2.05, 4.69) is 19.8 Å². The van der Waals surface area contributed by atoms with Crippen LogP contribution in [-0.4, -0.2) is 51.8 Å². The molecule has 0 aliphatic heterocycles. The smallest absolute Gasteiger partial charge is 0.464 e. The zero-order chi connectivity index (χ0) is 43.0. The Hall–Kier alpha value is -8.24. The number of carbonyl (C=O) groups excluding carboxylic acids is 4. The third-order valence-electron chi connectivity index (χ3n) is 7.54. The van der Waals surface area contributed by atoms with E-state index in [1.54, 1.807) is 0 Å². The molecule has 4 aromatic rings. The van der Waals surface area contributed by atoms with E-state index in [-0.39, 0.29) is 46.1 Å². The molecule has 0 radical (unpaired) electrons. The lowest BCUT2D eigenvalue weighted by atomic mass is 9.92. The zero-order valence-electron chi connectivity index (χ0n) is 30.8. The number of nitrogens with one attached hydrogen (secondary N) is 1. The Morgan fingerprint density at radius 2 is 0.983 bits per heavy atom. The molecule has 0 fully saturated rings. The maximum absolute atomic E-state index is 13.3. The quantitative estimate of drug-likeness (QED) is 0.0519. The Balaban J connectivity index is 1.63. The fraction of sp³-hybridized carbons (Fsp3) is 0.222. The average molecular weight is 825 g/mol. The van der Waals surface area contributed by atoms with Crippen molar-refractivity contribution in [2.75, 3.05) is 6.61 Å². The average Bonchev–Trinajstić information content (AvgIpc) is 3.17. The normalized spacial score (nSPS) is 11.4. The van der Waals surface area contributed by atoms with Gasteiger partial charge in [0.2, 0.25) is 0 Å². The molecular formula is C36H32N4O19. The van der Waals surface area contributed by atoms with E-state index in [9.17, 15) is 49.5 Å². The van der Waals surface area contributed by atoms with Crippen molar-refractivity contribution in [3.8, 4) is 28.7 Å².